The third kappa shape index (κ3) is 4.64. The fraction of sp³-hybridized carbons (Fsp3) is 0.526. The van der Waals surface area contributed by atoms with Gasteiger partial charge in [0.1, 0.15) is 12.0 Å². The molecule has 2 saturated heterocycles. The summed E-state index contributed by atoms with van der Waals surface area (Å²) in [6.07, 6.45) is 6.98. The Morgan fingerprint density at radius 3 is 2.85 bits per heavy atom. The first kappa shape index (κ1) is 17.9. The minimum atomic E-state index is -0.0900. The normalized spacial score (nSPS) is 21.2. The van der Waals surface area contributed by atoms with Gasteiger partial charge in [-0.1, -0.05) is 0 Å². The number of aromatic nitrogens is 2. The Morgan fingerprint density at radius 1 is 1.22 bits per heavy atom. The summed E-state index contributed by atoms with van der Waals surface area (Å²) < 4.78 is 11.0. The number of hydrogen-bond acceptors (Lipinski definition) is 7. The van der Waals surface area contributed by atoms with Gasteiger partial charge in [0.15, 0.2) is 0 Å². The molecule has 0 aromatic carbocycles. The molecule has 2 aliphatic heterocycles. The van der Waals surface area contributed by atoms with Crippen LogP contribution in [-0.2, 0) is 11.3 Å². The Morgan fingerprint density at radius 2 is 2.04 bits per heavy atom. The summed E-state index contributed by atoms with van der Waals surface area (Å²) in [7, 11) is 0. The number of furan rings is 1. The smallest absolute Gasteiger partial charge is 0.254 e. The fourth-order valence-corrected chi connectivity index (χ4v) is 3.56. The van der Waals surface area contributed by atoms with Crippen LogP contribution in [0.3, 0.4) is 0 Å². The number of rotatable bonds is 5. The number of nitrogens with one attached hydrogen (secondary N) is 1. The molecule has 1 atom stereocenters. The monoisotopic (exact) mass is 371 g/mol. The maximum atomic E-state index is 12.6. The summed E-state index contributed by atoms with van der Waals surface area (Å²) >= 11 is 0. The van der Waals surface area contributed by atoms with E-state index in [1.807, 2.05) is 6.07 Å². The lowest BCUT2D eigenvalue weighted by Gasteiger charge is -2.33. The minimum Gasteiger partial charge on any atom is -0.467 e. The Kier molecular flexibility index (Phi) is 5.64. The molecule has 0 aliphatic carbocycles. The number of nitrogens with zero attached hydrogens (tertiary/aromatic N) is 4. The average Bonchev–Trinajstić information content (AvgIpc) is 3.18. The van der Waals surface area contributed by atoms with Crippen molar-refractivity contribution in [2.75, 3.05) is 44.3 Å². The Balaban J connectivity index is 1.32. The summed E-state index contributed by atoms with van der Waals surface area (Å²) in [5.41, 5.74) is 0.575. The van der Waals surface area contributed by atoms with Crippen LogP contribution in [-0.4, -0.2) is 66.2 Å². The van der Waals surface area contributed by atoms with Crippen LogP contribution in [0.25, 0.3) is 0 Å². The first-order valence-electron chi connectivity index (χ1n) is 9.48. The van der Waals surface area contributed by atoms with Crippen molar-refractivity contribution in [1.82, 2.24) is 20.2 Å². The molecule has 144 valence electrons. The van der Waals surface area contributed by atoms with Crippen LogP contribution in [0.2, 0.25) is 0 Å². The van der Waals surface area contributed by atoms with Crippen molar-refractivity contribution in [3.63, 3.8) is 0 Å². The molecule has 0 bridgehead atoms. The van der Waals surface area contributed by atoms with Gasteiger partial charge in [0.2, 0.25) is 5.95 Å². The molecular formula is C19H25N5O3. The number of carbonyl (C=O) groups excluding carboxylic acids is 1. The van der Waals surface area contributed by atoms with Gasteiger partial charge in [0, 0.05) is 44.6 Å². The molecule has 2 aliphatic rings. The van der Waals surface area contributed by atoms with Crippen LogP contribution in [0.4, 0.5) is 5.95 Å². The Hall–Kier alpha value is -2.45. The molecular weight excluding hydrogens is 346 g/mol. The van der Waals surface area contributed by atoms with Crippen molar-refractivity contribution in [2.24, 2.45) is 0 Å². The van der Waals surface area contributed by atoms with E-state index < -0.39 is 0 Å². The minimum absolute atomic E-state index is 0.0765. The number of carbonyl (C=O) groups is 1. The second-order valence-corrected chi connectivity index (χ2v) is 7.00. The molecule has 0 spiro atoms. The lowest BCUT2D eigenvalue weighted by atomic mass is 10.1. The predicted octanol–water partition coefficient (Wildman–Crippen LogP) is 1.30. The quantitative estimate of drug-likeness (QED) is 0.848. The van der Waals surface area contributed by atoms with Gasteiger partial charge in [0.25, 0.3) is 5.91 Å². The van der Waals surface area contributed by atoms with Gasteiger partial charge >= 0.3 is 0 Å². The van der Waals surface area contributed by atoms with Crippen molar-refractivity contribution in [3.8, 4) is 0 Å². The summed E-state index contributed by atoms with van der Waals surface area (Å²) in [5, 5.41) is 3.12. The van der Waals surface area contributed by atoms with Crippen molar-refractivity contribution < 1.29 is 13.9 Å². The van der Waals surface area contributed by atoms with E-state index in [1.54, 1.807) is 24.7 Å². The van der Waals surface area contributed by atoms with Crippen LogP contribution in [0.15, 0.2) is 35.2 Å². The average molecular weight is 371 g/mol. The van der Waals surface area contributed by atoms with E-state index in [4.69, 9.17) is 9.15 Å². The molecule has 8 heteroatoms. The van der Waals surface area contributed by atoms with E-state index in [1.165, 1.54) is 0 Å². The molecule has 4 heterocycles. The maximum absolute atomic E-state index is 12.6. The summed E-state index contributed by atoms with van der Waals surface area (Å²) in [5.74, 6) is 1.44. The first-order chi connectivity index (χ1) is 13.3. The summed E-state index contributed by atoms with van der Waals surface area (Å²) in [4.78, 5) is 25.6. The zero-order valence-electron chi connectivity index (χ0n) is 15.3. The van der Waals surface area contributed by atoms with Crippen LogP contribution in [0.1, 0.15) is 29.0 Å². The van der Waals surface area contributed by atoms with Crippen LogP contribution < -0.4 is 10.2 Å². The van der Waals surface area contributed by atoms with Crippen LogP contribution >= 0.6 is 0 Å². The van der Waals surface area contributed by atoms with Gasteiger partial charge < -0.3 is 19.4 Å². The number of piperidine rings is 1. The molecule has 1 N–H and O–H groups in total. The SMILES string of the molecule is O=C(N[C@@H]1CCCN(c2ncccn2)C1)c1coc(CN2CCOCC2)c1. The Labute approximate surface area is 158 Å². The first-order valence-corrected chi connectivity index (χ1v) is 9.48. The van der Waals surface area contributed by atoms with Crippen molar-refractivity contribution in [1.29, 1.82) is 0 Å². The second-order valence-electron chi connectivity index (χ2n) is 7.00. The van der Waals surface area contributed by atoms with Crippen molar-refractivity contribution >= 4 is 11.9 Å². The van der Waals surface area contributed by atoms with E-state index in [9.17, 15) is 4.79 Å². The number of anilines is 1. The highest BCUT2D eigenvalue weighted by Gasteiger charge is 2.24. The van der Waals surface area contributed by atoms with Gasteiger partial charge in [-0.15, -0.1) is 0 Å². The van der Waals surface area contributed by atoms with Crippen LogP contribution in [0.5, 0.6) is 0 Å². The van der Waals surface area contributed by atoms with E-state index >= 15 is 0 Å². The topological polar surface area (TPSA) is 83.7 Å². The molecule has 0 saturated carbocycles. The maximum Gasteiger partial charge on any atom is 0.254 e. The van der Waals surface area contributed by atoms with Gasteiger partial charge in [-0.25, -0.2) is 9.97 Å². The second kappa shape index (κ2) is 8.49. The Bertz CT molecular complexity index is 745. The standard InChI is InChI=1S/C19H25N5O3/c25-18(15-11-17(27-14-15)13-23-7-9-26-10-8-23)22-16-3-1-6-24(12-16)19-20-4-2-5-21-19/h2,4-5,11,14,16H,1,3,6-10,12-13H2,(H,22,25)/t16-/m1/s1. The fourth-order valence-electron chi connectivity index (χ4n) is 3.56. The summed E-state index contributed by atoms with van der Waals surface area (Å²) in [6.45, 7) is 5.61. The molecule has 2 fully saturated rings. The molecule has 0 unspecified atom stereocenters. The number of ether oxygens (including phenoxy) is 1. The van der Waals surface area contributed by atoms with Crippen molar-refractivity contribution in [3.05, 3.63) is 42.1 Å². The highest BCUT2D eigenvalue weighted by Crippen LogP contribution is 2.17. The van der Waals surface area contributed by atoms with Gasteiger partial charge in [-0.05, 0) is 25.0 Å². The van der Waals surface area contributed by atoms with E-state index in [2.05, 4.69) is 25.1 Å². The van der Waals surface area contributed by atoms with Gasteiger partial charge in [-0.3, -0.25) is 9.69 Å². The molecule has 8 nitrogen and oxygen atoms in total. The number of amides is 1. The molecule has 2 aromatic heterocycles. The largest absolute Gasteiger partial charge is 0.467 e. The van der Waals surface area contributed by atoms with Gasteiger partial charge in [-0.2, -0.15) is 0 Å². The highest BCUT2D eigenvalue weighted by molar-refractivity contribution is 5.94. The molecule has 0 radical (unpaired) electrons. The summed E-state index contributed by atoms with van der Waals surface area (Å²) in [6, 6.07) is 3.72. The third-order valence-corrected chi connectivity index (χ3v) is 4.99. The predicted molar refractivity (Wildman–Crippen MR) is 99.5 cm³/mol. The zero-order valence-corrected chi connectivity index (χ0v) is 15.3. The third-order valence-electron chi connectivity index (χ3n) is 4.99. The zero-order chi connectivity index (χ0) is 18.5. The molecule has 4 rings (SSSR count). The van der Waals surface area contributed by atoms with Crippen LogP contribution in [0, 0.1) is 0 Å². The molecule has 2 aromatic rings. The van der Waals surface area contributed by atoms with Crippen molar-refractivity contribution in [2.45, 2.75) is 25.4 Å². The van der Waals surface area contributed by atoms with E-state index in [0.717, 1.165) is 51.4 Å². The highest BCUT2D eigenvalue weighted by atomic mass is 16.5. The number of morpholine rings is 1. The lowest BCUT2D eigenvalue weighted by Crippen LogP contribution is -2.48. The number of hydrogen-bond donors (Lipinski definition) is 1. The van der Waals surface area contributed by atoms with E-state index in [0.29, 0.717) is 24.6 Å². The van der Waals surface area contributed by atoms with Gasteiger partial charge in [0.05, 0.1) is 25.3 Å². The molecule has 1 amide bonds. The lowest BCUT2D eigenvalue weighted by molar-refractivity contribution is 0.0313. The molecule has 27 heavy (non-hydrogen) atoms. The van der Waals surface area contributed by atoms with E-state index in [-0.39, 0.29) is 11.9 Å².